The summed E-state index contributed by atoms with van der Waals surface area (Å²) in [5.41, 5.74) is 0.481. The third-order valence-electron chi connectivity index (χ3n) is 2.07. The molecule has 0 unspecified atom stereocenters. The smallest absolute Gasteiger partial charge is 0.388 e. The number of hydrogen-bond acceptors (Lipinski definition) is 3. The minimum Gasteiger partial charge on any atom is -0.388 e. The fourth-order valence-corrected chi connectivity index (χ4v) is 1.26. The Labute approximate surface area is 94.6 Å². The molecule has 1 aromatic rings. The summed E-state index contributed by atoms with van der Waals surface area (Å²) < 4.78 is 52.1. The van der Waals surface area contributed by atoms with Gasteiger partial charge in [0.25, 0.3) is 0 Å². The van der Waals surface area contributed by atoms with Crippen LogP contribution in [0.15, 0.2) is 6.07 Å². The second-order valence-corrected chi connectivity index (χ2v) is 3.21. The standard InChI is InChI=1S/C10H8F4N2O/c1-6-7(2-3-15)4-9(16-8(6)5-11)17-10(12,13)14/h4H,2,5H2,1H3. The third kappa shape index (κ3) is 3.59. The van der Waals surface area contributed by atoms with Crippen molar-refractivity contribution >= 4 is 0 Å². The molecule has 92 valence electrons. The molecule has 0 bridgehead atoms. The Balaban J connectivity index is 3.16. The van der Waals surface area contributed by atoms with Gasteiger partial charge in [0.15, 0.2) is 0 Å². The molecule has 1 aromatic heterocycles. The van der Waals surface area contributed by atoms with Crippen molar-refractivity contribution in [2.45, 2.75) is 26.4 Å². The van der Waals surface area contributed by atoms with Crippen LogP contribution >= 0.6 is 0 Å². The van der Waals surface area contributed by atoms with E-state index in [-0.39, 0.29) is 17.7 Å². The summed E-state index contributed by atoms with van der Waals surface area (Å²) >= 11 is 0. The zero-order valence-electron chi connectivity index (χ0n) is 8.81. The highest BCUT2D eigenvalue weighted by atomic mass is 19.4. The largest absolute Gasteiger partial charge is 0.574 e. The lowest BCUT2D eigenvalue weighted by Crippen LogP contribution is -2.18. The Morgan fingerprint density at radius 2 is 2.12 bits per heavy atom. The van der Waals surface area contributed by atoms with E-state index in [1.807, 2.05) is 0 Å². The maximum Gasteiger partial charge on any atom is 0.574 e. The van der Waals surface area contributed by atoms with Crippen molar-refractivity contribution < 1.29 is 22.3 Å². The summed E-state index contributed by atoms with van der Waals surface area (Å²) in [7, 11) is 0. The van der Waals surface area contributed by atoms with E-state index in [2.05, 4.69) is 9.72 Å². The molecule has 0 atom stereocenters. The van der Waals surface area contributed by atoms with Gasteiger partial charge in [-0.15, -0.1) is 13.2 Å². The van der Waals surface area contributed by atoms with E-state index in [0.717, 1.165) is 6.07 Å². The second-order valence-electron chi connectivity index (χ2n) is 3.21. The molecule has 0 aliphatic rings. The van der Waals surface area contributed by atoms with Crippen molar-refractivity contribution in [1.29, 1.82) is 5.26 Å². The molecule has 0 saturated carbocycles. The van der Waals surface area contributed by atoms with E-state index in [4.69, 9.17) is 5.26 Å². The Morgan fingerprint density at radius 3 is 2.59 bits per heavy atom. The van der Waals surface area contributed by atoms with Crippen LogP contribution in [0, 0.1) is 18.3 Å². The van der Waals surface area contributed by atoms with Gasteiger partial charge in [0.05, 0.1) is 18.2 Å². The van der Waals surface area contributed by atoms with Gasteiger partial charge in [0.2, 0.25) is 5.88 Å². The highest BCUT2D eigenvalue weighted by Gasteiger charge is 2.32. The molecule has 3 nitrogen and oxygen atoms in total. The van der Waals surface area contributed by atoms with E-state index in [9.17, 15) is 17.6 Å². The fourth-order valence-electron chi connectivity index (χ4n) is 1.26. The SMILES string of the molecule is Cc1c(CC#N)cc(OC(F)(F)F)nc1CF. The number of nitrogens with zero attached hydrogens (tertiary/aromatic N) is 2. The molecule has 0 fully saturated rings. The molecule has 7 heteroatoms. The van der Waals surface area contributed by atoms with E-state index in [1.54, 1.807) is 6.07 Å². The number of alkyl halides is 4. The summed E-state index contributed by atoms with van der Waals surface area (Å²) in [6.45, 7) is 0.477. The van der Waals surface area contributed by atoms with Crippen molar-refractivity contribution in [2.75, 3.05) is 0 Å². The topological polar surface area (TPSA) is 45.9 Å². The van der Waals surface area contributed by atoms with Gasteiger partial charge in [-0.3, -0.25) is 0 Å². The van der Waals surface area contributed by atoms with Crippen LogP contribution in [0.5, 0.6) is 5.88 Å². The first kappa shape index (κ1) is 13.2. The Kier molecular flexibility index (Phi) is 3.89. The molecule has 0 spiro atoms. The number of ether oxygens (including phenoxy) is 1. The first-order chi connectivity index (χ1) is 7.87. The molecule has 0 radical (unpaired) electrons. The summed E-state index contributed by atoms with van der Waals surface area (Å²) in [6, 6.07) is 2.77. The lowest BCUT2D eigenvalue weighted by atomic mass is 10.1. The summed E-state index contributed by atoms with van der Waals surface area (Å²) in [4.78, 5) is 3.39. The molecule has 0 N–H and O–H groups in total. The van der Waals surface area contributed by atoms with Crippen LogP contribution in [0.3, 0.4) is 0 Å². The van der Waals surface area contributed by atoms with E-state index >= 15 is 0 Å². The number of halogens is 4. The quantitative estimate of drug-likeness (QED) is 0.772. The summed E-state index contributed by atoms with van der Waals surface area (Å²) in [5.74, 6) is -0.749. The molecule has 1 heterocycles. The molecule has 17 heavy (non-hydrogen) atoms. The zero-order valence-corrected chi connectivity index (χ0v) is 8.81. The zero-order chi connectivity index (χ0) is 13.1. The minimum atomic E-state index is -4.89. The number of aromatic nitrogens is 1. The van der Waals surface area contributed by atoms with Crippen LogP contribution in [0.2, 0.25) is 0 Å². The minimum absolute atomic E-state index is 0.129. The van der Waals surface area contributed by atoms with Crippen molar-refractivity contribution in [2.24, 2.45) is 0 Å². The van der Waals surface area contributed by atoms with Gasteiger partial charge in [-0.1, -0.05) is 0 Å². The average molecular weight is 248 g/mol. The van der Waals surface area contributed by atoms with Crippen LogP contribution in [-0.4, -0.2) is 11.3 Å². The molecular formula is C10H8F4N2O. The van der Waals surface area contributed by atoms with Crippen LogP contribution in [0.1, 0.15) is 16.8 Å². The first-order valence-corrected chi connectivity index (χ1v) is 4.55. The first-order valence-electron chi connectivity index (χ1n) is 4.55. The van der Waals surface area contributed by atoms with Gasteiger partial charge in [-0.2, -0.15) is 5.26 Å². The normalized spacial score (nSPS) is 11.1. The second kappa shape index (κ2) is 4.99. The molecule has 0 aliphatic heterocycles. The lowest BCUT2D eigenvalue weighted by molar-refractivity contribution is -0.276. The average Bonchev–Trinajstić information content (AvgIpc) is 2.20. The maximum absolute atomic E-state index is 12.5. The number of nitriles is 1. The molecular weight excluding hydrogens is 240 g/mol. The number of pyridine rings is 1. The van der Waals surface area contributed by atoms with Crippen molar-refractivity contribution in [1.82, 2.24) is 4.98 Å². The highest BCUT2D eigenvalue weighted by Crippen LogP contribution is 2.25. The Bertz CT molecular complexity index is 451. The van der Waals surface area contributed by atoms with Gasteiger partial charge in [0.1, 0.15) is 6.67 Å². The molecule has 0 aliphatic carbocycles. The molecule has 0 saturated heterocycles. The van der Waals surface area contributed by atoms with Gasteiger partial charge in [0, 0.05) is 6.07 Å². The molecule has 1 rings (SSSR count). The summed E-state index contributed by atoms with van der Waals surface area (Å²) in [6.07, 6.45) is -5.02. The van der Waals surface area contributed by atoms with Crippen molar-refractivity contribution in [3.8, 4) is 11.9 Å². The Hall–Kier alpha value is -1.84. The van der Waals surface area contributed by atoms with Crippen LogP contribution in [-0.2, 0) is 13.1 Å². The van der Waals surface area contributed by atoms with E-state index in [1.165, 1.54) is 6.92 Å². The fraction of sp³-hybridized carbons (Fsp3) is 0.400. The predicted molar refractivity (Wildman–Crippen MR) is 49.8 cm³/mol. The maximum atomic E-state index is 12.5. The highest BCUT2D eigenvalue weighted by molar-refractivity contribution is 5.35. The third-order valence-corrected chi connectivity index (χ3v) is 2.07. The monoisotopic (exact) mass is 248 g/mol. The van der Waals surface area contributed by atoms with Crippen LogP contribution in [0.4, 0.5) is 17.6 Å². The van der Waals surface area contributed by atoms with Crippen molar-refractivity contribution in [3.63, 3.8) is 0 Å². The number of hydrogen-bond donors (Lipinski definition) is 0. The van der Waals surface area contributed by atoms with Crippen molar-refractivity contribution in [3.05, 3.63) is 22.9 Å². The van der Waals surface area contributed by atoms with Gasteiger partial charge < -0.3 is 4.74 Å². The van der Waals surface area contributed by atoms with Crippen LogP contribution < -0.4 is 4.74 Å². The van der Waals surface area contributed by atoms with E-state index in [0.29, 0.717) is 5.56 Å². The predicted octanol–water partition coefficient (Wildman–Crippen LogP) is 2.82. The molecule has 0 aromatic carbocycles. The van der Waals surface area contributed by atoms with Gasteiger partial charge in [-0.25, -0.2) is 9.37 Å². The lowest BCUT2D eigenvalue weighted by Gasteiger charge is -2.12. The van der Waals surface area contributed by atoms with Gasteiger partial charge in [-0.05, 0) is 18.1 Å². The summed E-state index contributed by atoms with van der Waals surface area (Å²) in [5, 5.41) is 8.50. The number of rotatable bonds is 3. The molecule has 0 amide bonds. The van der Waals surface area contributed by atoms with E-state index < -0.39 is 18.9 Å². The van der Waals surface area contributed by atoms with Crippen LogP contribution in [0.25, 0.3) is 0 Å². The Morgan fingerprint density at radius 1 is 1.47 bits per heavy atom. The van der Waals surface area contributed by atoms with Gasteiger partial charge >= 0.3 is 6.36 Å².